The third kappa shape index (κ3) is 4.32. The normalized spacial score (nSPS) is 10.8. The van der Waals surface area contributed by atoms with Gasteiger partial charge in [-0.1, -0.05) is 36.4 Å². The molecule has 0 aliphatic rings. The van der Waals surface area contributed by atoms with E-state index < -0.39 is 11.4 Å². The zero-order valence-electron chi connectivity index (χ0n) is 14.5. The molecule has 1 N–H and O–H groups in total. The molecule has 0 aliphatic carbocycles. The van der Waals surface area contributed by atoms with Crippen molar-refractivity contribution in [3.63, 3.8) is 0 Å². The topological polar surface area (TPSA) is 72.5 Å². The number of methoxy groups -OCH3 is 1. The Balaban J connectivity index is 2.10. The molecular weight excluding hydrogens is 318 g/mol. The van der Waals surface area contributed by atoms with Gasteiger partial charge in [0.05, 0.1) is 7.11 Å². The van der Waals surface area contributed by atoms with Gasteiger partial charge in [0.1, 0.15) is 5.41 Å². The maximum atomic E-state index is 12.4. The molecule has 0 aromatic heterocycles. The molecule has 130 valence electrons. The van der Waals surface area contributed by atoms with Crippen molar-refractivity contribution in [3.8, 4) is 11.1 Å². The van der Waals surface area contributed by atoms with Gasteiger partial charge in [0.15, 0.2) is 5.78 Å². The van der Waals surface area contributed by atoms with E-state index in [0.717, 1.165) is 22.4 Å². The van der Waals surface area contributed by atoms with Crippen molar-refractivity contribution in [2.75, 3.05) is 12.4 Å². The largest absolute Gasteiger partial charge is 0.468 e. The average Bonchev–Trinajstić information content (AvgIpc) is 2.62. The van der Waals surface area contributed by atoms with Crippen LogP contribution in [0.1, 0.15) is 19.4 Å². The van der Waals surface area contributed by atoms with Crippen LogP contribution in [0.5, 0.6) is 0 Å². The standard InChI is InChI=1S/C20H21NO4/c1-20(2,19(24)25-3)18(23)12-14-4-6-15(7-5-14)16-8-10-17(11-9-16)21-13-22/h4-11,13H,12H2,1-3H3,(H,21,22). The van der Waals surface area contributed by atoms with E-state index in [1.54, 1.807) is 13.8 Å². The van der Waals surface area contributed by atoms with E-state index >= 15 is 0 Å². The SMILES string of the molecule is COC(=O)C(C)(C)C(=O)Cc1ccc(-c2ccc(NC=O)cc2)cc1. The van der Waals surface area contributed by atoms with Crippen molar-refractivity contribution >= 4 is 23.9 Å². The number of hydrogen-bond acceptors (Lipinski definition) is 4. The summed E-state index contributed by atoms with van der Waals surface area (Å²) in [7, 11) is 1.28. The van der Waals surface area contributed by atoms with Crippen molar-refractivity contribution in [1.29, 1.82) is 0 Å². The number of carbonyl (C=O) groups excluding carboxylic acids is 3. The summed E-state index contributed by atoms with van der Waals surface area (Å²) in [4.78, 5) is 34.5. The molecule has 2 rings (SSSR count). The van der Waals surface area contributed by atoms with Gasteiger partial charge in [-0.05, 0) is 42.7 Å². The summed E-state index contributed by atoms with van der Waals surface area (Å²) in [5.41, 5.74) is 2.41. The maximum Gasteiger partial charge on any atom is 0.318 e. The van der Waals surface area contributed by atoms with Crippen LogP contribution >= 0.6 is 0 Å². The first kappa shape index (κ1) is 18.4. The van der Waals surface area contributed by atoms with Gasteiger partial charge in [-0.3, -0.25) is 14.4 Å². The number of rotatable bonds is 7. The first-order chi connectivity index (χ1) is 11.9. The van der Waals surface area contributed by atoms with Gasteiger partial charge in [-0.2, -0.15) is 0 Å². The van der Waals surface area contributed by atoms with Crippen LogP contribution in [0.4, 0.5) is 5.69 Å². The summed E-state index contributed by atoms with van der Waals surface area (Å²) < 4.78 is 4.69. The lowest BCUT2D eigenvalue weighted by Crippen LogP contribution is -2.35. The van der Waals surface area contributed by atoms with Gasteiger partial charge in [0.2, 0.25) is 6.41 Å². The van der Waals surface area contributed by atoms with Crippen molar-refractivity contribution in [2.45, 2.75) is 20.3 Å². The second kappa shape index (κ2) is 7.75. The zero-order valence-corrected chi connectivity index (χ0v) is 14.5. The Kier molecular flexibility index (Phi) is 5.70. The molecule has 0 unspecified atom stereocenters. The smallest absolute Gasteiger partial charge is 0.318 e. The molecule has 2 aromatic carbocycles. The fourth-order valence-corrected chi connectivity index (χ4v) is 2.42. The summed E-state index contributed by atoms with van der Waals surface area (Å²) in [6.07, 6.45) is 0.807. The van der Waals surface area contributed by atoms with Crippen LogP contribution in [0.15, 0.2) is 48.5 Å². The predicted molar refractivity (Wildman–Crippen MR) is 96.1 cm³/mol. The number of hydrogen-bond donors (Lipinski definition) is 1. The number of amides is 1. The predicted octanol–water partition coefficient (Wildman–Crippen LogP) is 3.23. The number of esters is 1. The minimum atomic E-state index is -1.16. The van der Waals surface area contributed by atoms with Crippen molar-refractivity contribution in [2.24, 2.45) is 5.41 Å². The number of Topliss-reactive ketones (excluding diaryl/α,β-unsaturated/α-hetero) is 1. The molecule has 2 aromatic rings. The van der Waals surface area contributed by atoms with Gasteiger partial charge in [-0.25, -0.2) is 0 Å². The highest BCUT2D eigenvalue weighted by Gasteiger charge is 2.36. The lowest BCUT2D eigenvalue weighted by molar-refractivity contribution is -0.155. The summed E-state index contributed by atoms with van der Waals surface area (Å²) in [5, 5.41) is 2.59. The summed E-state index contributed by atoms with van der Waals surface area (Å²) >= 11 is 0. The Morgan fingerprint density at radius 2 is 1.52 bits per heavy atom. The fourth-order valence-electron chi connectivity index (χ4n) is 2.42. The van der Waals surface area contributed by atoms with Crippen LogP contribution in [0, 0.1) is 5.41 Å². The Morgan fingerprint density at radius 1 is 1.00 bits per heavy atom. The average molecular weight is 339 g/mol. The monoisotopic (exact) mass is 339 g/mol. The fraction of sp³-hybridized carbons (Fsp3) is 0.250. The second-order valence-corrected chi connectivity index (χ2v) is 6.25. The first-order valence-corrected chi connectivity index (χ1v) is 7.89. The van der Waals surface area contributed by atoms with Gasteiger partial charge in [0, 0.05) is 12.1 Å². The Bertz CT molecular complexity index is 761. The number of benzene rings is 2. The number of ketones is 1. The minimum absolute atomic E-state index is 0.171. The molecule has 0 spiro atoms. The molecule has 0 bridgehead atoms. The molecule has 0 saturated heterocycles. The van der Waals surface area contributed by atoms with Crippen LogP contribution in [-0.4, -0.2) is 25.3 Å². The number of ether oxygens (including phenoxy) is 1. The van der Waals surface area contributed by atoms with Crippen molar-refractivity contribution in [3.05, 3.63) is 54.1 Å². The van der Waals surface area contributed by atoms with Gasteiger partial charge < -0.3 is 10.1 Å². The van der Waals surface area contributed by atoms with Gasteiger partial charge >= 0.3 is 5.97 Å². The lowest BCUT2D eigenvalue weighted by atomic mass is 9.84. The molecule has 0 atom stereocenters. The van der Waals surface area contributed by atoms with E-state index in [0.29, 0.717) is 6.41 Å². The van der Waals surface area contributed by atoms with E-state index in [9.17, 15) is 14.4 Å². The van der Waals surface area contributed by atoms with Gasteiger partial charge in [0.25, 0.3) is 0 Å². The highest BCUT2D eigenvalue weighted by molar-refractivity contribution is 6.03. The second-order valence-electron chi connectivity index (χ2n) is 6.25. The molecule has 0 heterocycles. The van der Waals surface area contributed by atoms with Gasteiger partial charge in [-0.15, -0.1) is 0 Å². The molecule has 0 aliphatic heterocycles. The Morgan fingerprint density at radius 3 is 2.00 bits per heavy atom. The van der Waals surface area contributed by atoms with Crippen molar-refractivity contribution < 1.29 is 19.1 Å². The molecule has 0 saturated carbocycles. The number of nitrogens with one attached hydrogen (secondary N) is 1. The molecule has 5 nitrogen and oxygen atoms in total. The van der Waals surface area contributed by atoms with E-state index in [4.69, 9.17) is 4.74 Å². The summed E-state index contributed by atoms with van der Waals surface area (Å²) in [5.74, 6) is -0.713. The minimum Gasteiger partial charge on any atom is -0.468 e. The number of anilines is 1. The molecule has 0 radical (unpaired) electrons. The van der Waals surface area contributed by atoms with E-state index in [1.807, 2.05) is 48.5 Å². The summed E-state index contributed by atoms with van der Waals surface area (Å²) in [6.45, 7) is 3.15. The molecular formula is C20H21NO4. The molecule has 5 heteroatoms. The first-order valence-electron chi connectivity index (χ1n) is 7.89. The Hall–Kier alpha value is -2.95. The van der Waals surface area contributed by atoms with Crippen LogP contribution in [0.3, 0.4) is 0 Å². The third-order valence-electron chi connectivity index (χ3n) is 4.16. The van der Waals surface area contributed by atoms with E-state index in [2.05, 4.69) is 5.32 Å². The van der Waals surface area contributed by atoms with Crippen molar-refractivity contribution in [1.82, 2.24) is 0 Å². The Labute approximate surface area is 147 Å². The molecule has 1 amide bonds. The molecule has 25 heavy (non-hydrogen) atoms. The van der Waals surface area contributed by atoms with Crippen LogP contribution in [0.25, 0.3) is 11.1 Å². The highest BCUT2D eigenvalue weighted by atomic mass is 16.5. The van der Waals surface area contributed by atoms with Crippen LogP contribution < -0.4 is 5.32 Å². The third-order valence-corrected chi connectivity index (χ3v) is 4.16. The van der Waals surface area contributed by atoms with E-state index in [1.165, 1.54) is 7.11 Å². The van der Waals surface area contributed by atoms with E-state index in [-0.39, 0.29) is 12.2 Å². The lowest BCUT2D eigenvalue weighted by Gasteiger charge is -2.19. The quantitative estimate of drug-likeness (QED) is 0.477. The number of carbonyl (C=O) groups is 3. The highest BCUT2D eigenvalue weighted by Crippen LogP contribution is 2.24. The maximum absolute atomic E-state index is 12.4. The van der Waals surface area contributed by atoms with Crippen LogP contribution in [0.2, 0.25) is 0 Å². The summed E-state index contributed by atoms with van der Waals surface area (Å²) in [6, 6.07) is 15.1. The molecule has 0 fully saturated rings. The van der Waals surface area contributed by atoms with Crippen LogP contribution in [-0.2, 0) is 25.5 Å². The zero-order chi connectivity index (χ0) is 18.4.